The summed E-state index contributed by atoms with van der Waals surface area (Å²) in [6, 6.07) is 15.2. The molecule has 0 aliphatic heterocycles. The Balaban J connectivity index is 1.50. The summed E-state index contributed by atoms with van der Waals surface area (Å²) in [6.45, 7) is 4.32. The van der Waals surface area contributed by atoms with Crippen molar-refractivity contribution < 1.29 is 4.74 Å². The maximum absolute atomic E-state index is 12.3. The fourth-order valence-electron chi connectivity index (χ4n) is 2.95. The minimum Gasteiger partial charge on any atom is -0.485 e. The van der Waals surface area contributed by atoms with E-state index < -0.39 is 0 Å². The lowest BCUT2D eigenvalue weighted by Gasteiger charge is -2.11. The number of fused-ring (bicyclic) bond motifs is 1. The second kappa shape index (κ2) is 8.08. The largest absolute Gasteiger partial charge is 0.485 e. The third-order valence-electron chi connectivity index (χ3n) is 4.67. The number of H-pyrrole nitrogens is 1. The lowest BCUT2D eigenvalue weighted by atomic mass is 10.2. The zero-order chi connectivity index (χ0) is 20.4. The first-order chi connectivity index (χ1) is 14.0. The van der Waals surface area contributed by atoms with Gasteiger partial charge < -0.3 is 14.3 Å². The quantitative estimate of drug-likeness (QED) is 0.490. The van der Waals surface area contributed by atoms with Crippen LogP contribution in [0.4, 0.5) is 0 Å². The monoisotopic (exact) mass is 407 g/mol. The molecule has 0 unspecified atom stereocenters. The molecule has 2 heterocycles. The molecule has 0 aliphatic rings. The van der Waals surface area contributed by atoms with E-state index in [2.05, 4.69) is 20.2 Å². The summed E-state index contributed by atoms with van der Waals surface area (Å²) in [4.78, 5) is 19.8. The lowest BCUT2D eigenvalue weighted by molar-refractivity contribution is 0.288. The first kappa shape index (κ1) is 19.2. The van der Waals surface area contributed by atoms with Gasteiger partial charge in [-0.25, -0.2) is 4.98 Å². The third kappa shape index (κ3) is 4.02. The summed E-state index contributed by atoms with van der Waals surface area (Å²) >= 11 is 1.49. The minimum absolute atomic E-state index is 0.0969. The zero-order valence-corrected chi connectivity index (χ0v) is 17.2. The molecule has 0 saturated heterocycles. The molecular weight excluding hydrogens is 386 g/mol. The molecule has 2 aromatic heterocycles. The molecule has 2 aromatic carbocycles. The summed E-state index contributed by atoms with van der Waals surface area (Å²) in [7, 11) is 1.90. The van der Waals surface area contributed by atoms with E-state index in [0.717, 1.165) is 22.3 Å². The highest BCUT2D eigenvalue weighted by Gasteiger charge is 2.17. The molecular formula is C21H21N5O2S. The van der Waals surface area contributed by atoms with Crippen LogP contribution >= 0.6 is 11.8 Å². The number of nitrogens with one attached hydrogen (secondary N) is 1. The van der Waals surface area contributed by atoms with Gasteiger partial charge in [-0.05, 0) is 37.6 Å². The van der Waals surface area contributed by atoms with Crippen LogP contribution in [-0.2, 0) is 13.7 Å². The SMILES string of the molecule is Cc1ccccc1OCc1nnc(S[C@H](C)c2nc3ccccc3c(=O)[nH]2)n1C. The number of aromatic nitrogens is 5. The van der Waals surface area contributed by atoms with Gasteiger partial charge in [0.1, 0.15) is 18.2 Å². The van der Waals surface area contributed by atoms with Crippen molar-refractivity contribution in [3.05, 3.63) is 76.1 Å². The highest BCUT2D eigenvalue weighted by atomic mass is 32.2. The van der Waals surface area contributed by atoms with E-state index in [4.69, 9.17) is 4.74 Å². The summed E-state index contributed by atoms with van der Waals surface area (Å²) in [5.74, 6) is 2.17. The number of benzene rings is 2. The number of rotatable bonds is 6. The van der Waals surface area contributed by atoms with E-state index in [-0.39, 0.29) is 10.8 Å². The first-order valence-corrected chi connectivity index (χ1v) is 10.1. The highest BCUT2D eigenvalue weighted by molar-refractivity contribution is 7.99. The average Bonchev–Trinajstić information content (AvgIpc) is 3.07. The Kier molecular flexibility index (Phi) is 5.35. The van der Waals surface area contributed by atoms with E-state index in [1.807, 2.05) is 67.9 Å². The van der Waals surface area contributed by atoms with Crippen molar-refractivity contribution in [2.45, 2.75) is 30.9 Å². The van der Waals surface area contributed by atoms with E-state index in [1.165, 1.54) is 11.8 Å². The molecule has 0 amide bonds. The average molecular weight is 407 g/mol. The van der Waals surface area contributed by atoms with Gasteiger partial charge in [0.15, 0.2) is 11.0 Å². The number of aromatic amines is 1. The molecule has 1 N–H and O–H groups in total. The maximum atomic E-state index is 12.3. The van der Waals surface area contributed by atoms with E-state index >= 15 is 0 Å². The van der Waals surface area contributed by atoms with Crippen molar-refractivity contribution >= 4 is 22.7 Å². The number of thioether (sulfide) groups is 1. The Labute approximate surface area is 172 Å². The molecule has 4 rings (SSSR count). The van der Waals surface area contributed by atoms with E-state index in [0.29, 0.717) is 23.3 Å². The van der Waals surface area contributed by atoms with Crippen LogP contribution in [0.15, 0.2) is 58.5 Å². The number of nitrogens with zero attached hydrogens (tertiary/aromatic N) is 4. The van der Waals surface area contributed by atoms with E-state index in [9.17, 15) is 4.79 Å². The Bertz CT molecular complexity index is 1220. The van der Waals surface area contributed by atoms with Crippen LogP contribution in [0.2, 0.25) is 0 Å². The lowest BCUT2D eigenvalue weighted by Crippen LogP contribution is -2.13. The minimum atomic E-state index is -0.136. The molecule has 1 atom stereocenters. The van der Waals surface area contributed by atoms with Gasteiger partial charge in [0.05, 0.1) is 16.2 Å². The van der Waals surface area contributed by atoms with Crippen molar-refractivity contribution in [2.24, 2.45) is 7.05 Å². The molecule has 0 bridgehead atoms. The molecule has 0 spiro atoms. The van der Waals surface area contributed by atoms with Crippen LogP contribution in [0.1, 0.15) is 29.4 Å². The molecule has 0 saturated carbocycles. The second-order valence-electron chi connectivity index (χ2n) is 6.74. The molecule has 8 heteroatoms. The summed E-state index contributed by atoms with van der Waals surface area (Å²) < 4.78 is 7.78. The van der Waals surface area contributed by atoms with Crippen LogP contribution < -0.4 is 10.3 Å². The van der Waals surface area contributed by atoms with Gasteiger partial charge in [0.2, 0.25) is 0 Å². The van der Waals surface area contributed by atoms with Crippen molar-refractivity contribution in [2.75, 3.05) is 0 Å². The Morgan fingerprint density at radius 3 is 2.72 bits per heavy atom. The number of para-hydroxylation sites is 2. The van der Waals surface area contributed by atoms with Crippen molar-refractivity contribution in [3.63, 3.8) is 0 Å². The molecule has 29 heavy (non-hydrogen) atoms. The Morgan fingerprint density at radius 1 is 1.14 bits per heavy atom. The molecule has 0 aliphatic carbocycles. The smallest absolute Gasteiger partial charge is 0.258 e. The molecule has 0 radical (unpaired) electrons. The number of hydrogen-bond acceptors (Lipinski definition) is 6. The van der Waals surface area contributed by atoms with Gasteiger partial charge in [-0.15, -0.1) is 10.2 Å². The van der Waals surface area contributed by atoms with Crippen LogP contribution in [0.25, 0.3) is 10.9 Å². The van der Waals surface area contributed by atoms with Gasteiger partial charge in [0.25, 0.3) is 5.56 Å². The maximum Gasteiger partial charge on any atom is 0.258 e. The summed E-state index contributed by atoms with van der Waals surface area (Å²) in [5.41, 5.74) is 1.62. The third-order valence-corrected chi connectivity index (χ3v) is 5.82. The van der Waals surface area contributed by atoms with E-state index in [1.54, 1.807) is 6.07 Å². The molecule has 4 aromatic rings. The zero-order valence-electron chi connectivity index (χ0n) is 16.4. The number of hydrogen-bond donors (Lipinski definition) is 1. The Morgan fingerprint density at radius 2 is 1.90 bits per heavy atom. The predicted molar refractivity (Wildman–Crippen MR) is 113 cm³/mol. The van der Waals surface area contributed by atoms with Crippen LogP contribution in [-0.4, -0.2) is 24.7 Å². The van der Waals surface area contributed by atoms with Crippen LogP contribution in [0, 0.1) is 6.92 Å². The molecule has 7 nitrogen and oxygen atoms in total. The van der Waals surface area contributed by atoms with Gasteiger partial charge in [0, 0.05) is 7.05 Å². The molecule has 148 valence electrons. The van der Waals surface area contributed by atoms with Crippen molar-refractivity contribution in [1.82, 2.24) is 24.7 Å². The van der Waals surface area contributed by atoms with Crippen LogP contribution in [0.3, 0.4) is 0 Å². The molecule has 0 fully saturated rings. The number of aryl methyl sites for hydroxylation is 1. The normalized spacial score (nSPS) is 12.2. The second-order valence-corrected chi connectivity index (χ2v) is 8.05. The van der Waals surface area contributed by atoms with Crippen molar-refractivity contribution in [3.8, 4) is 5.75 Å². The van der Waals surface area contributed by atoms with Gasteiger partial charge in [-0.1, -0.05) is 42.1 Å². The topological polar surface area (TPSA) is 85.7 Å². The van der Waals surface area contributed by atoms with Crippen LogP contribution in [0.5, 0.6) is 5.75 Å². The van der Waals surface area contributed by atoms with Crippen molar-refractivity contribution in [1.29, 1.82) is 0 Å². The number of ether oxygens (including phenoxy) is 1. The first-order valence-electron chi connectivity index (χ1n) is 9.25. The van der Waals surface area contributed by atoms with Gasteiger partial charge >= 0.3 is 0 Å². The highest BCUT2D eigenvalue weighted by Crippen LogP contribution is 2.32. The Hall–Kier alpha value is -3.13. The van der Waals surface area contributed by atoms with Gasteiger partial charge in [-0.2, -0.15) is 0 Å². The summed E-state index contributed by atoms with van der Waals surface area (Å²) in [5, 5.41) is 9.75. The standard InChI is InChI=1S/C21H21N5O2S/c1-13-8-4-7-11-17(13)28-12-18-24-25-21(26(18)3)29-14(2)19-22-16-10-6-5-9-15(16)20(27)23-19/h4-11,14H,12H2,1-3H3,(H,22,23,27)/t14-/m1/s1. The fourth-order valence-corrected chi connectivity index (χ4v) is 3.84. The fraction of sp³-hybridized carbons (Fsp3) is 0.238. The summed E-state index contributed by atoms with van der Waals surface area (Å²) in [6.07, 6.45) is 0. The van der Waals surface area contributed by atoms with Gasteiger partial charge in [-0.3, -0.25) is 4.79 Å². The predicted octanol–water partition coefficient (Wildman–Crippen LogP) is 3.79.